The first-order chi connectivity index (χ1) is 15.0. The van der Waals surface area contributed by atoms with Crippen LogP contribution in [0.15, 0.2) is 72.8 Å². The van der Waals surface area contributed by atoms with Crippen molar-refractivity contribution in [1.82, 2.24) is 15.0 Å². The minimum Gasteiger partial charge on any atom is -0.446 e. The van der Waals surface area contributed by atoms with Gasteiger partial charge < -0.3 is 10.1 Å². The Kier molecular flexibility index (Phi) is 5.75. The lowest BCUT2D eigenvalue weighted by Gasteiger charge is -2.18. The fraction of sp³-hybridized carbons (Fsp3) is 0.167. The largest absolute Gasteiger partial charge is 0.446 e. The molecule has 7 heteroatoms. The third-order valence-corrected chi connectivity index (χ3v) is 4.78. The number of nitrogens with one attached hydrogen (secondary N) is 1. The molecule has 1 atom stereocenters. The Morgan fingerprint density at radius 1 is 0.968 bits per heavy atom. The lowest BCUT2D eigenvalue weighted by molar-refractivity contribution is -0.155. The number of aromatic nitrogens is 3. The molecule has 0 saturated carbocycles. The van der Waals surface area contributed by atoms with Gasteiger partial charge >= 0.3 is 5.97 Å². The Balaban J connectivity index is 1.55. The molecule has 0 fully saturated rings. The number of carbonyl (C=O) groups excluding carboxylic acids is 2. The number of anilines is 1. The van der Waals surface area contributed by atoms with Crippen LogP contribution in [0.1, 0.15) is 22.8 Å². The lowest BCUT2D eigenvalue weighted by Crippen LogP contribution is -2.27. The zero-order chi connectivity index (χ0) is 21.8. The number of aryl methyl sites for hydroxylation is 2. The second-order valence-corrected chi connectivity index (χ2v) is 7.38. The molecular weight excluding hydrogens is 392 g/mol. The van der Waals surface area contributed by atoms with Crippen molar-refractivity contribution in [3.05, 3.63) is 89.5 Å². The predicted molar refractivity (Wildman–Crippen MR) is 117 cm³/mol. The van der Waals surface area contributed by atoms with Gasteiger partial charge in [0.15, 0.2) is 0 Å². The van der Waals surface area contributed by atoms with Crippen molar-refractivity contribution < 1.29 is 14.3 Å². The van der Waals surface area contributed by atoms with E-state index in [1.54, 1.807) is 24.3 Å². The van der Waals surface area contributed by atoms with Crippen LogP contribution in [-0.4, -0.2) is 26.9 Å². The van der Waals surface area contributed by atoms with E-state index < -0.39 is 18.0 Å². The Morgan fingerprint density at radius 2 is 1.65 bits per heavy atom. The van der Waals surface area contributed by atoms with Gasteiger partial charge in [-0.25, -0.2) is 4.68 Å². The van der Waals surface area contributed by atoms with E-state index in [-0.39, 0.29) is 6.54 Å². The lowest BCUT2D eigenvalue weighted by atomic mass is 10.1. The van der Waals surface area contributed by atoms with Crippen LogP contribution in [0.2, 0.25) is 0 Å². The van der Waals surface area contributed by atoms with E-state index in [0.29, 0.717) is 16.8 Å². The number of amides is 1. The van der Waals surface area contributed by atoms with E-state index in [1.807, 2.05) is 62.4 Å². The summed E-state index contributed by atoms with van der Waals surface area (Å²) in [4.78, 5) is 25.8. The average Bonchev–Trinajstić information content (AvgIpc) is 3.14. The van der Waals surface area contributed by atoms with Gasteiger partial charge in [0.05, 0.1) is 5.52 Å². The number of ether oxygens (including phenoxy) is 1. The van der Waals surface area contributed by atoms with E-state index in [4.69, 9.17) is 4.74 Å². The Bertz CT molecular complexity index is 1210. The van der Waals surface area contributed by atoms with E-state index >= 15 is 0 Å². The van der Waals surface area contributed by atoms with Crippen molar-refractivity contribution in [2.24, 2.45) is 0 Å². The van der Waals surface area contributed by atoms with E-state index in [2.05, 4.69) is 15.6 Å². The summed E-state index contributed by atoms with van der Waals surface area (Å²) in [5, 5.41) is 10.9. The zero-order valence-corrected chi connectivity index (χ0v) is 17.3. The van der Waals surface area contributed by atoms with Gasteiger partial charge in [-0.05, 0) is 49.2 Å². The summed E-state index contributed by atoms with van der Waals surface area (Å²) < 4.78 is 7.07. The van der Waals surface area contributed by atoms with Gasteiger partial charge in [-0.15, -0.1) is 5.10 Å². The van der Waals surface area contributed by atoms with Crippen LogP contribution in [0, 0.1) is 13.8 Å². The number of benzene rings is 3. The predicted octanol–water partition coefficient (Wildman–Crippen LogP) is 3.97. The fourth-order valence-electron chi connectivity index (χ4n) is 3.48. The smallest absolute Gasteiger partial charge is 0.328 e. The second kappa shape index (κ2) is 8.79. The molecule has 4 aromatic rings. The van der Waals surface area contributed by atoms with E-state index in [0.717, 1.165) is 16.6 Å². The average molecular weight is 414 g/mol. The minimum absolute atomic E-state index is 0.152. The molecule has 156 valence electrons. The third kappa shape index (κ3) is 4.78. The first-order valence-corrected chi connectivity index (χ1v) is 9.91. The molecule has 1 heterocycles. The van der Waals surface area contributed by atoms with Crippen molar-refractivity contribution in [2.45, 2.75) is 26.5 Å². The molecular formula is C24H22N4O3. The number of fused-ring (bicyclic) bond motifs is 1. The Hall–Kier alpha value is -4.00. The number of rotatable bonds is 6. The summed E-state index contributed by atoms with van der Waals surface area (Å²) >= 11 is 0. The number of hydrogen-bond donors (Lipinski definition) is 1. The fourth-order valence-corrected chi connectivity index (χ4v) is 3.48. The van der Waals surface area contributed by atoms with Gasteiger partial charge in [-0.1, -0.05) is 53.7 Å². The van der Waals surface area contributed by atoms with Crippen molar-refractivity contribution in [3.63, 3.8) is 0 Å². The van der Waals surface area contributed by atoms with E-state index in [9.17, 15) is 9.59 Å². The maximum absolute atomic E-state index is 13.1. The molecule has 1 aromatic heterocycles. The summed E-state index contributed by atoms with van der Waals surface area (Å²) in [6.07, 6.45) is -1.09. The summed E-state index contributed by atoms with van der Waals surface area (Å²) in [5.74, 6) is -1.01. The molecule has 0 aliphatic heterocycles. The normalized spacial score (nSPS) is 11.8. The molecule has 0 saturated heterocycles. The van der Waals surface area contributed by atoms with Crippen LogP contribution in [0.3, 0.4) is 0 Å². The summed E-state index contributed by atoms with van der Waals surface area (Å²) in [6, 6.07) is 22.0. The number of nitrogens with zero attached hydrogens (tertiary/aromatic N) is 3. The summed E-state index contributed by atoms with van der Waals surface area (Å²) in [7, 11) is 0. The minimum atomic E-state index is -1.09. The molecule has 1 N–H and O–H groups in total. The SMILES string of the molecule is Cc1cc(C)cc(NC(=O)C(OC(=O)Cn2nnc3ccccc32)c2ccccc2)c1. The highest BCUT2D eigenvalue weighted by atomic mass is 16.5. The third-order valence-electron chi connectivity index (χ3n) is 4.78. The standard InChI is InChI=1S/C24H22N4O3/c1-16-12-17(2)14-19(13-16)25-24(30)23(18-8-4-3-5-9-18)31-22(29)15-28-21-11-7-6-10-20(21)26-27-28/h3-14,23H,15H2,1-2H3,(H,25,30). The van der Waals surface area contributed by atoms with Crippen molar-refractivity contribution in [2.75, 3.05) is 5.32 Å². The molecule has 0 aliphatic rings. The summed E-state index contributed by atoms with van der Waals surface area (Å²) in [6.45, 7) is 3.76. The van der Waals surface area contributed by atoms with Gasteiger partial charge in [0.1, 0.15) is 12.1 Å². The van der Waals surface area contributed by atoms with Crippen LogP contribution >= 0.6 is 0 Å². The number of para-hydroxylation sites is 1. The van der Waals surface area contributed by atoms with Crippen LogP contribution < -0.4 is 5.32 Å². The molecule has 1 amide bonds. The highest BCUT2D eigenvalue weighted by Crippen LogP contribution is 2.22. The molecule has 0 radical (unpaired) electrons. The Morgan fingerprint density at radius 3 is 2.39 bits per heavy atom. The molecule has 4 rings (SSSR count). The van der Waals surface area contributed by atoms with Crippen LogP contribution in [-0.2, 0) is 20.9 Å². The van der Waals surface area contributed by atoms with Gasteiger partial charge in [-0.2, -0.15) is 0 Å². The second-order valence-electron chi connectivity index (χ2n) is 7.38. The number of esters is 1. The first kappa shape index (κ1) is 20.3. The first-order valence-electron chi connectivity index (χ1n) is 9.91. The molecule has 0 spiro atoms. The van der Waals surface area contributed by atoms with Gasteiger partial charge in [0.2, 0.25) is 6.10 Å². The van der Waals surface area contributed by atoms with Gasteiger partial charge in [0, 0.05) is 11.3 Å². The quantitative estimate of drug-likeness (QED) is 0.483. The number of hydrogen-bond acceptors (Lipinski definition) is 5. The molecule has 31 heavy (non-hydrogen) atoms. The highest BCUT2D eigenvalue weighted by molar-refractivity contribution is 5.96. The maximum atomic E-state index is 13.1. The monoisotopic (exact) mass is 414 g/mol. The van der Waals surface area contributed by atoms with Crippen molar-refractivity contribution in [1.29, 1.82) is 0 Å². The maximum Gasteiger partial charge on any atom is 0.328 e. The molecule has 0 bridgehead atoms. The zero-order valence-electron chi connectivity index (χ0n) is 17.3. The summed E-state index contributed by atoms with van der Waals surface area (Å²) in [5.41, 5.74) is 4.70. The molecule has 3 aromatic carbocycles. The van der Waals surface area contributed by atoms with Crippen molar-refractivity contribution in [3.8, 4) is 0 Å². The topological polar surface area (TPSA) is 86.1 Å². The molecule has 7 nitrogen and oxygen atoms in total. The van der Waals surface area contributed by atoms with Gasteiger partial charge in [0.25, 0.3) is 5.91 Å². The van der Waals surface area contributed by atoms with Gasteiger partial charge in [-0.3, -0.25) is 9.59 Å². The van der Waals surface area contributed by atoms with Crippen LogP contribution in [0.4, 0.5) is 5.69 Å². The molecule has 0 aliphatic carbocycles. The number of carbonyl (C=O) groups is 2. The van der Waals surface area contributed by atoms with Crippen LogP contribution in [0.25, 0.3) is 11.0 Å². The van der Waals surface area contributed by atoms with Crippen molar-refractivity contribution >= 4 is 28.6 Å². The Labute approximate surface area is 179 Å². The highest BCUT2D eigenvalue weighted by Gasteiger charge is 2.26. The molecule has 1 unspecified atom stereocenters. The van der Waals surface area contributed by atoms with Crippen LogP contribution in [0.5, 0.6) is 0 Å². The van der Waals surface area contributed by atoms with E-state index in [1.165, 1.54) is 4.68 Å².